The lowest BCUT2D eigenvalue weighted by atomic mass is 10.00. The third kappa shape index (κ3) is 1.80. The Morgan fingerprint density at radius 3 is 3.06 bits per heavy atom. The molecule has 5 heteroatoms. The highest BCUT2D eigenvalue weighted by molar-refractivity contribution is 7.15. The van der Waals surface area contributed by atoms with E-state index in [9.17, 15) is 0 Å². The van der Waals surface area contributed by atoms with Gasteiger partial charge < -0.3 is 5.32 Å². The summed E-state index contributed by atoms with van der Waals surface area (Å²) in [7, 11) is 0. The number of hydrogen-bond donors (Lipinski definition) is 1. The van der Waals surface area contributed by atoms with Crippen LogP contribution in [0.4, 0.5) is 5.95 Å². The lowest BCUT2D eigenvalue weighted by molar-refractivity contribution is 0.882. The van der Waals surface area contributed by atoms with Crippen molar-refractivity contribution in [3.8, 4) is 10.6 Å². The minimum absolute atomic E-state index is 0.713. The Hall–Kier alpha value is -1.49. The first-order valence-corrected chi connectivity index (χ1v) is 6.66. The first-order chi connectivity index (χ1) is 8.28. The van der Waals surface area contributed by atoms with Crippen molar-refractivity contribution in [2.75, 3.05) is 11.9 Å². The predicted molar refractivity (Wildman–Crippen MR) is 69.4 cm³/mol. The fourth-order valence-corrected chi connectivity index (χ4v) is 3.10. The highest BCUT2D eigenvalue weighted by Crippen LogP contribution is 2.36. The van der Waals surface area contributed by atoms with Gasteiger partial charge in [0.15, 0.2) is 0 Å². The SMILES string of the molecule is CCNc1ncc2c(n1)-c1sc(C)nc1CC2. The molecule has 1 aliphatic carbocycles. The number of anilines is 1. The van der Waals surface area contributed by atoms with Crippen LogP contribution in [0.2, 0.25) is 0 Å². The largest absolute Gasteiger partial charge is 0.354 e. The van der Waals surface area contributed by atoms with E-state index in [0.717, 1.165) is 30.1 Å². The molecule has 17 heavy (non-hydrogen) atoms. The summed E-state index contributed by atoms with van der Waals surface area (Å²) in [6.45, 7) is 4.94. The standard InChI is InChI=1S/C12H14N4S/c1-3-13-12-14-6-8-4-5-9-11(10(8)16-12)17-7(2)15-9/h6H,3-5H2,1-2H3,(H,13,14,16). The third-order valence-electron chi connectivity index (χ3n) is 2.85. The summed E-state index contributed by atoms with van der Waals surface area (Å²) in [4.78, 5) is 14.7. The zero-order valence-electron chi connectivity index (χ0n) is 9.95. The molecule has 0 radical (unpaired) electrons. The summed E-state index contributed by atoms with van der Waals surface area (Å²) < 4.78 is 0. The minimum atomic E-state index is 0.713. The van der Waals surface area contributed by atoms with Crippen LogP contribution in [-0.4, -0.2) is 21.5 Å². The van der Waals surface area contributed by atoms with Gasteiger partial charge in [0.2, 0.25) is 5.95 Å². The Labute approximate surface area is 104 Å². The van der Waals surface area contributed by atoms with Crippen molar-refractivity contribution in [3.63, 3.8) is 0 Å². The molecule has 0 unspecified atom stereocenters. The Morgan fingerprint density at radius 1 is 1.35 bits per heavy atom. The van der Waals surface area contributed by atoms with Crippen molar-refractivity contribution in [2.45, 2.75) is 26.7 Å². The maximum absolute atomic E-state index is 4.61. The van der Waals surface area contributed by atoms with Gasteiger partial charge in [-0.25, -0.2) is 15.0 Å². The van der Waals surface area contributed by atoms with Crippen molar-refractivity contribution in [1.82, 2.24) is 15.0 Å². The number of aryl methyl sites for hydroxylation is 3. The molecule has 0 saturated heterocycles. The lowest BCUT2D eigenvalue weighted by Crippen LogP contribution is -2.09. The molecule has 0 atom stereocenters. The molecule has 0 aromatic carbocycles. The van der Waals surface area contributed by atoms with E-state index in [-0.39, 0.29) is 0 Å². The number of fused-ring (bicyclic) bond motifs is 3. The van der Waals surface area contributed by atoms with Crippen molar-refractivity contribution in [1.29, 1.82) is 0 Å². The first kappa shape index (κ1) is 10.7. The van der Waals surface area contributed by atoms with Crippen LogP contribution >= 0.6 is 11.3 Å². The van der Waals surface area contributed by atoms with Crippen molar-refractivity contribution >= 4 is 17.3 Å². The van der Waals surface area contributed by atoms with Gasteiger partial charge in [-0.1, -0.05) is 0 Å². The normalized spacial score (nSPS) is 13.1. The average Bonchev–Trinajstić information content (AvgIpc) is 2.70. The van der Waals surface area contributed by atoms with Crippen LogP contribution in [0.3, 0.4) is 0 Å². The van der Waals surface area contributed by atoms with Crippen LogP contribution in [0, 0.1) is 6.92 Å². The molecule has 2 aromatic heterocycles. The van der Waals surface area contributed by atoms with Crippen LogP contribution in [0.25, 0.3) is 10.6 Å². The quantitative estimate of drug-likeness (QED) is 0.884. The Morgan fingerprint density at radius 2 is 2.24 bits per heavy atom. The number of hydrogen-bond acceptors (Lipinski definition) is 5. The molecule has 3 rings (SSSR count). The number of thiazole rings is 1. The average molecular weight is 246 g/mol. The second-order valence-electron chi connectivity index (χ2n) is 4.11. The molecular formula is C12H14N4S. The molecule has 0 bridgehead atoms. The number of nitrogens with zero attached hydrogens (tertiary/aromatic N) is 3. The molecule has 2 heterocycles. The van der Waals surface area contributed by atoms with Gasteiger partial charge in [0.05, 0.1) is 21.3 Å². The van der Waals surface area contributed by atoms with Gasteiger partial charge in [-0.2, -0.15) is 0 Å². The van der Waals surface area contributed by atoms with Gasteiger partial charge in [-0.15, -0.1) is 11.3 Å². The molecule has 0 aliphatic heterocycles. The number of aromatic nitrogens is 3. The molecule has 1 N–H and O–H groups in total. The summed E-state index contributed by atoms with van der Waals surface area (Å²) in [5, 5.41) is 4.27. The summed E-state index contributed by atoms with van der Waals surface area (Å²) >= 11 is 1.73. The van der Waals surface area contributed by atoms with E-state index in [1.54, 1.807) is 11.3 Å². The molecule has 0 spiro atoms. The van der Waals surface area contributed by atoms with Crippen LogP contribution in [0.5, 0.6) is 0 Å². The number of nitrogens with one attached hydrogen (secondary N) is 1. The molecular weight excluding hydrogens is 232 g/mol. The highest BCUT2D eigenvalue weighted by atomic mass is 32.1. The Balaban J connectivity index is 2.12. The third-order valence-corrected chi connectivity index (χ3v) is 3.87. The zero-order valence-corrected chi connectivity index (χ0v) is 10.8. The maximum Gasteiger partial charge on any atom is 0.223 e. The first-order valence-electron chi connectivity index (χ1n) is 5.84. The lowest BCUT2D eigenvalue weighted by Gasteiger charge is -2.14. The van der Waals surface area contributed by atoms with Gasteiger partial charge in [0.1, 0.15) is 0 Å². The van der Waals surface area contributed by atoms with Crippen molar-refractivity contribution in [2.24, 2.45) is 0 Å². The fourth-order valence-electron chi connectivity index (χ4n) is 2.11. The Bertz CT molecular complexity index is 562. The fraction of sp³-hybridized carbons (Fsp3) is 0.417. The molecule has 0 amide bonds. The van der Waals surface area contributed by atoms with Crippen LogP contribution < -0.4 is 5.32 Å². The van der Waals surface area contributed by atoms with Gasteiger partial charge in [0.25, 0.3) is 0 Å². The predicted octanol–water partition coefficient (Wildman–Crippen LogP) is 2.44. The molecule has 0 saturated carbocycles. The summed E-state index contributed by atoms with van der Waals surface area (Å²) in [6.07, 6.45) is 3.95. The van der Waals surface area contributed by atoms with E-state index in [2.05, 4.69) is 27.2 Å². The smallest absolute Gasteiger partial charge is 0.223 e. The van der Waals surface area contributed by atoms with Gasteiger partial charge >= 0.3 is 0 Å². The second-order valence-corrected chi connectivity index (χ2v) is 5.31. The van der Waals surface area contributed by atoms with Crippen molar-refractivity contribution in [3.05, 3.63) is 22.5 Å². The van der Waals surface area contributed by atoms with Gasteiger partial charge in [-0.3, -0.25) is 0 Å². The van der Waals surface area contributed by atoms with Crippen LogP contribution in [0.1, 0.15) is 23.2 Å². The molecule has 0 fully saturated rings. The summed E-state index contributed by atoms with van der Waals surface area (Å²) in [6, 6.07) is 0. The van der Waals surface area contributed by atoms with E-state index in [4.69, 9.17) is 0 Å². The summed E-state index contributed by atoms with van der Waals surface area (Å²) in [5.74, 6) is 0.713. The van der Waals surface area contributed by atoms with E-state index in [1.165, 1.54) is 16.1 Å². The second kappa shape index (κ2) is 4.07. The van der Waals surface area contributed by atoms with E-state index >= 15 is 0 Å². The van der Waals surface area contributed by atoms with E-state index in [1.807, 2.05) is 13.1 Å². The maximum atomic E-state index is 4.61. The molecule has 88 valence electrons. The molecule has 1 aliphatic rings. The van der Waals surface area contributed by atoms with E-state index in [0.29, 0.717) is 5.95 Å². The Kier molecular flexibility index (Phi) is 2.55. The van der Waals surface area contributed by atoms with Gasteiger partial charge in [0, 0.05) is 12.7 Å². The van der Waals surface area contributed by atoms with E-state index < -0.39 is 0 Å². The topological polar surface area (TPSA) is 50.7 Å². The van der Waals surface area contributed by atoms with Crippen LogP contribution in [0.15, 0.2) is 6.20 Å². The molecule has 4 nitrogen and oxygen atoms in total. The minimum Gasteiger partial charge on any atom is -0.354 e. The monoisotopic (exact) mass is 246 g/mol. The number of rotatable bonds is 2. The van der Waals surface area contributed by atoms with Crippen LogP contribution in [-0.2, 0) is 12.8 Å². The molecule has 2 aromatic rings. The highest BCUT2D eigenvalue weighted by Gasteiger charge is 2.21. The van der Waals surface area contributed by atoms with Gasteiger partial charge in [-0.05, 0) is 32.3 Å². The van der Waals surface area contributed by atoms with Crippen molar-refractivity contribution < 1.29 is 0 Å². The summed E-state index contributed by atoms with van der Waals surface area (Å²) in [5.41, 5.74) is 3.51. The zero-order chi connectivity index (χ0) is 11.8.